The van der Waals surface area contributed by atoms with Gasteiger partial charge in [-0.1, -0.05) is 0 Å². The summed E-state index contributed by atoms with van der Waals surface area (Å²) in [5.41, 5.74) is 0. The summed E-state index contributed by atoms with van der Waals surface area (Å²) in [7, 11) is -1.79. The summed E-state index contributed by atoms with van der Waals surface area (Å²) >= 11 is 0. The minimum atomic E-state index is -3.23. The lowest BCUT2D eigenvalue weighted by Gasteiger charge is -2.32. The molecule has 1 heterocycles. The van der Waals surface area contributed by atoms with Crippen molar-refractivity contribution < 1.29 is 8.42 Å². The Kier molecular flexibility index (Phi) is 3.05. The Morgan fingerprint density at radius 1 is 1.58 bits per heavy atom. The van der Waals surface area contributed by atoms with Crippen LogP contribution >= 0.6 is 0 Å². The van der Waals surface area contributed by atoms with E-state index >= 15 is 0 Å². The predicted octanol–water partition coefficient (Wildman–Crippen LogP) is -1.26. The van der Waals surface area contributed by atoms with Crippen molar-refractivity contribution in [3.8, 4) is 0 Å². The van der Waals surface area contributed by atoms with Crippen LogP contribution in [-0.4, -0.2) is 45.4 Å². The third kappa shape index (κ3) is 1.95. The van der Waals surface area contributed by atoms with Gasteiger partial charge >= 0.3 is 0 Å². The second-order valence-corrected chi connectivity index (χ2v) is 4.70. The van der Waals surface area contributed by atoms with E-state index in [9.17, 15) is 8.42 Å². The van der Waals surface area contributed by atoms with Crippen LogP contribution in [0.1, 0.15) is 6.92 Å². The van der Waals surface area contributed by atoms with Crippen LogP contribution in [0, 0.1) is 0 Å². The van der Waals surface area contributed by atoms with Gasteiger partial charge in [-0.2, -0.15) is 12.7 Å². The standard InChI is InChI=1S/C6H15N3O2S/c1-6-5-8-3-4-9(6)12(10,11)7-2/h6-8H,3-5H2,1-2H3. The van der Waals surface area contributed by atoms with Crippen LogP contribution in [0.3, 0.4) is 0 Å². The zero-order valence-corrected chi connectivity index (χ0v) is 8.19. The van der Waals surface area contributed by atoms with Crippen molar-refractivity contribution in [1.29, 1.82) is 0 Å². The fourth-order valence-corrected chi connectivity index (χ4v) is 2.41. The van der Waals surface area contributed by atoms with E-state index < -0.39 is 10.2 Å². The molecule has 0 spiro atoms. The summed E-state index contributed by atoms with van der Waals surface area (Å²) in [5.74, 6) is 0. The summed E-state index contributed by atoms with van der Waals surface area (Å²) in [6, 6.07) is 0.0381. The molecule has 0 radical (unpaired) electrons. The van der Waals surface area contributed by atoms with Gasteiger partial charge < -0.3 is 5.32 Å². The van der Waals surface area contributed by atoms with Crippen molar-refractivity contribution in [3.05, 3.63) is 0 Å². The highest BCUT2D eigenvalue weighted by Crippen LogP contribution is 2.06. The average Bonchev–Trinajstić information content (AvgIpc) is 2.05. The molecule has 0 aromatic carbocycles. The molecule has 1 unspecified atom stereocenters. The Labute approximate surface area is 73.3 Å². The van der Waals surface area contributed by atoms with Gasteiger partial charge in [0.05, 0.1) is 0 Å². The molecule has 1 aliphatic heterocycles. The second kappa shape index (κ2) is 3.69. The van der Waals surface area contributed by atoms with Gasteiger partial charge in [-0.15, -0.1) is 0 Å². The van der Waals surface area contributed by atoms with Crippen LogP contribution in [0.4, 0.5) is 0 Å². The monoisotopic (exact) mass is 193 g/mol. The Hall–Kier alpha value is -0.170. The predicted molar refractivity (Wildman–Crippen MR) is 47.0 cm³/mol. The fraction of sp³-hybridized carbons (Fsp3) is 1.00. The highest BCUT2D eigenvalue weighted by molar-refractivity contribution is 7.87. The average molecular weight is 193 g/mol. The number of rotatable bonds is 2. The molecule has 1 fully saturated rings. The minimum Gasteiger partial charge on any atom is -0.314 e. The van der Waals surface area contributed by atoms with Crippen molar-refractivity contribution >= 4 is 10.2 Å². The van der Waals surface area contributed by atoms with E-state index in [1.807, 2.05) is 6.92 Å². The lowest BCUT2D eigenvalue weighted by molar-refractivity contribution is 0.281. The van der Waals surface area contributed by atoms with E-state index in [1.54, 1.807) is 0 Å². The van der Waals surface area contributed by atoms with E-state index in [0.29, 0.717) is 6.54 Å². The van der Waals surface area contributed by atoms with E-state index in [0.717, 1.165) is 13.1 Å². The molecule has 1 saturated heterocycles. The number of piperazine rings is 1. The zero-order valence-electron chi connectivity index (χ0n) is 7.37. The lowest BCUT2D eigenvalue weighted by Crippen LogP contribution is -2.54. The maximum absolute atomic E-state index is 11.4. The SMILES string of the molecule is CNS(=O)(=O)N1CCNCC1C. The molecule has 0 bridgehead atoms. The molecule has 72 valence electrons. The van der Waals surface area contributed by atoms with Gasteiger partial charge in [0, 0.05) is 32.7 Å². The first-order chi connectivity index (χ1) is 5.58. The van der Waals surface area contributed by atoms with Crippen LogP contribution in [0.25, 0.3) is 0 Å². The molecule has 0 amide bonds. The Bertz CT molecular complexity index is 239. The van der Waals surface area contributed by atoms with Crippen molar-refractivity contribution in [2.75, 3.05) is 26.7 Å². The van der Waals surface area contributed by atoms with Crippen molar-refractivity contribution in [2.45, 2.75) is 13.0 Å². The first kappa shape index (κ1) is 9.91. The highest BCUT2D eigenvalue weighted by Gasteiger charge is 2.27. The maximum Gasteiger partial charge on any atom is 0.279 e. The van der Waals surface area contributed by atoms with Crippen molar-refractivity contribution in [2.24, 2.45) is 0 Å². The second-order valence-electron chi connectivity index (χ2n) is 2.87. The summed E-state index contributed by atoms with van der Waals surface area (Å²) < 4.78 is 26.5. The number of nitrogens with zero attached hydrogens (tertiary/aromatic N) is 1. The Morgan fingerprint density at radius 3 is 2.75 bits per heavy atom. The van der Waals surface area contributed by atoms with E-state index in [4.69, 9.17) is 0 Å². The van der Waals surface area contributed by atoms with Crippen LogP contribution in [0.2, 0.25) is 0 Å². The van der Waals surface area contributed by atoms with Crippen LogP contribution in [-0.2, 0) is 10.2 Å². The topological polar surface area (TPSA) is 61.4 Å². The molecule has 0 aliphatic carbocycles. The molecule has 2 N–H and O–H groups in total. The van der Waals surface area contributed by atoms with Gasteiger partial charge in [-0.3, -0.25) is 0 Å². The summed E-state index contributed by atoms with van der Waals surface area (Å²) in [4.78, 5) is 0. The van der Waals surface area contributed by atoms with Gasteiger partial charge in [0.2, 0.25) is 0 Å². The Balaban J connectivity index is 2.72. The normalized spacial score (nSPS) is 27.3. The molecular formula is C6H15N3O2S. The minimum absolute atomic E-state index is 0.0381. The van der Waals surface area contributed by atoms with Gasteiger partial charge in [-0.25, -0.2) is 4.72 Å². The smallest absolute Gasteiger partial charge is 0.279 e. The first-order valence-corrected chi connectivity index (χ1v) is 5.43. The summed E-state index contributed by atoms with van der Waals surface area (Å²) in [5, 5.41) is 3.13. The summed E-state index contributed by atoms with van der Waals surface area (Å²) in [6.07, 6.45) is 0. The lowest BCUT2D eigenvalue weighted by atomic mass is 10.3. The largest absolute Gasteiger partial charge is 0.314 e. The van der Waals surface area contributed by atoms with Gasteiger partial charge in [0.15, 0.2) is 0 Å². The van der Waals surface area contributed by atoms with Crippen LogP contribution < -0.4 is 10.0 Å². The maximum atomic E-state index is 11.4. The fourth-order valence-electron chi connectivity index (χ4n) is 1.30. The molecule has 12 heavy (non-hydrogen) atoms. The third-order valence-electron chi connectivity index (χ3n) is 2.01. The van der Waals surface area contributed by atoms with E-state index in [2.05, 4.69) is 10.0 Å². The highest BCUT2D eigenvalue weighted by atomic mass is 32.2. The van der Waals surface area contributed by atoms with Crippen LogP contribution in [0.15, 0.2) is 0 Å². The van der Waals surface area contributed by atoms with Gasteiger partial charge in [-0.05, 0) is 6.92 Å². The van der Waals surface area contributed by atoms with Crippen molar-refractivity contribution in [3.63, 3.8) is 0 Å². The first-order valence-electron chi connectivity index (χ1n) is 3.99. The van der Waals surface area contributed by atoms with Crippen LogP contribution in [0.5, 0.6) is 0 Å². The number of nitrogens with one attached hydrogen (secondary N) is 2. The van der Waals surface area contributed by atoms with E-state index in [-0.39, 0.29) is 6.04 Å². The van der Waals surface area contributed by atoms with Gasteiger partial charge in [0.1, 0.15) is 0 Å². The summed E-state index contributed by atoms with van der Waals surface area (Å²) in [6.45, 7) is 3.89. The molecule has 0 saturated carbocycles. The molecule has 0 aromatic rings. The molecule has 0 aromatic heterocycles. The number of hydrogen-bond acceptors (Lipinski definition) is 3. The molecule has 1 rings (SSSR count). The molecular weight excluding hydrogens is 178 g/mol. The Morgan fingerprint density at radius 2 is 2.25 bits per heavy atom. The number of hydrogen-bond donors (Lipinski definition) is 2. The van der Waals surface area contributed by atoms with Gasteiger partial charge in [0.25, 0.3) is 10.2 Å². The molecule has 5 nitrogen and oxygen atoms in total. The van der Waals surface area contributed by atoms with Crippen molar-refractivity contribution in [1.82, 2.24) is 14.3 Å². The molecule has 1 aliphatic rings. The molecule has 6 heteroatoms. The molecule has 1 atom stereocenters. The van der Waals surface area contributed by atoms with E-state index in [1.165, 1.54) is 11.4 Å². The zero-order chi connectivity index (χ0) is 9.19. The quantitative estimate of drug-likeness (QED) is 0.576. The third-order valence-corrected chi connectivity index (χ3v) is 3.68.